The van der Waals surface area contributed by atoms with Gasteiger partial charge < -0.3 is 16.2 Å². The van der Waals surface area contributed by atoms with Crippen molar-refractivity contribution in [1.82, 2.24) is 10.2 Å². The Bertz CT molecular complexity index is 312. The average Bonchev–Trinajstić information content (AvgIpc) is 2.30. The molecule has 1 aliphatic heterocycles. The molecule has 1 fully saturated rings. The Balaban J connectivity index is 2.38. The Morgan fingerprint density at radius 1 is 1.37 bits per heavy atom. The maximum absolute atomic E-state index is 11.8. The van der Waals surface area contributed by atoms with E-state index in [0.717, 1.165) is 25.9 Å². The van der Waals surface area contributed by atoms with Gasteiger partial charge in [0.15, 0.2) is 0 Å². The number of piperidine rings is 1. The van der Waals surface area contributed by atoms with Crippen LogP contribution < -0.4 is 11.1 Å². The number of likely N-dealkylation sites (tertiary alicyclic amines) is 1. The van der Waals surface area contributed by atoms with Gasteiger partial charge in [-0.3, -0.25) is 9.69 Å². The van der Waals surface area contributed by atoms with Crippen molar-refractivity contribution in [2.45, 2.75) is 45.2 Å². The third-order valence-corrected chi connectivity index (χ3v) is 3.34. The summed E-state index contributed by atoms with van der Waals surface area (Å²) in [6.45, 7) is 5.74. The molecule has 6 nitrogen and oxygen atoms in total. The van der Waals surface area contributed by atoms with E-state index in [1.807, 2.05) is 18.7 Å². The van der Waals surface area contributed by atoms with Crippen molar-refractivity contribution in [3.05, 3.63) is 0 Å². The molecule has 1 atom stereocenters. The summed E-state index contributed by atoms with van der Waals surface area (Å²) >= 11 is 0. The zero-order valence-electron chi connectivity index (χ0n) is 11.8. The first-order valence-corrected chi connectivity index (χ1v) is 6.88. The van der Waals surface area contributed by atoms with E-state index in [4.69, 9.17) is 10.8 Å². The lowest BCUT2D eigenvalue weighted by molar-refractivity contribution is -0.142. The number of carbonyl (C=O) groups is 2. The molecule has 0 radical (unpaired) electrons. The quantitative estimate of drug-likeness (QED) is 0.633. The van der Waals surface area contributed by atoms with E-state index in [1.165, 1.54) is 0 Å². The number of nitrogens with zero attached hydrogens (tertiary/aromatic N) is 1. The van der Waals surface area contributed by atoms with Crippen molar-refractivity contribution in [1.29, 1.82) is 0 Å². The number of hydrogen-bond acceptors (Lipinski definition) is 4. The number of carboxylic acid groups (broad SMARTS) is 1. The first-order valence-electron chi connectivity index (χ1n) is 6.88. The predicted molar refractivity (Wildman–Crippen MR) is 72.7 cm³/mol. The normalized spacial score (nSPS) is 19.4. The van der Waals surface area contributed by atoms with Crippen LogP contribution in [0, 0.1) is 5.92 Å². The van der Waals surface area contributed by atoms with Crippen LogP contribution in [0.25, 0.3) is 0 Å². The predicted octanol–water partition coefficient (Wildman–Crippen LogP) is 0.0250. The van der Waals surface area contributed by atoms with Gasteiger partial charge in [0.25, 0.3) is 0 Å². The molecule has 0 aromatic heterocycles. The second-order valence-corrected chi connectivity index (χ2v) is 5.70. The topological polar surface area (TPSA) is 95.7 Å². The third kappa shape index (κ3) is 6.02. The van der Waals surface area contributed by atoms with Gasteiger partial charge in [0, 0.05) is 19.1 Å². The molecule has 19 heavy (non-hydrogen) atoms. The third-order valence-electron chi connectivity index (χ3n) is 3.34. The lowest BCUT2D eigenvalue weighted by Gasteiger charge is -2.29. The number of hydrogen-bond donors (Lipinski definition) is 3. The van der Waals surface area contributed by atoms with Crippen LogP contribution >= 0.6 is 0 Å². The van der Waals surface area contributed by atoms with E-state index in [1.54, 1.807) is 0 Å². The molecule has 1 heterocycles. The van der Waals surface area contributed by atoms with Crippen LogP contribution in [-0.4, -0.2) is 53.6 Å². The summed E-state index contributed by atoms with van der Waals surface area (Å²) in [6, 6.07) is -0.563. The van der Waals surface area contributed by atoms with Gasteiger partial charge in [-0.25, -0.2) is 4.79 Å². The molecule has 0 aromatic carbocycles. The van der Waals surface area contributed by atoms with E-state index in [9.17, 15) is 9.59 Å². The highest BCUT2D eigenvalue weighted by Gasteiger charge is 2.23. The molecule has 0 unspecified atom stereocenters. The summed E-state index contributed by atoms with van der Waals surface area (Å²) in [7, 11) is 0. The minimum atomic E-state index is -0.970. The Morgan fingerprint density at radius 3 is 2.42 bits per heavy atom. The van der Waals surface area contributed by atoms with Crippen LogP contribution in [0.3, 0.4) is 0 Å². The fraction of sp³-hybridized carbons (Fsp3) is 0.846. The maximum Gasteiger partial charge on any atom is 0.326 e. The van der Waals surface area contributed by atoms with Crippen LogP contribution in [0.5, 0.6) is 0 Å². The van der Waals surface area contributed by atoms with Gasteiger partial charge in [-0.2, -0.15) is 0 Å². The van der Waals surface area contributed by atoms with Gasteiger partial charge in [-0.05, 0) is 25.2 Å². The molecule has 0 spiro atoms. The van der Waals surface area contributed by atoms with E-state index < -0.39 is 12.0 Å². The van der Waals surface area contributed by atoms with Crippen LogP contribution in [0.15, 0.2) is 0 Å². The fourth-order valence-electron chi connectivity index (χ4n) is 2.25. The van der Waals surface area contributed by atoms with Crippen molar-refractivity contribution in [3.63, 3.8) is 0 Å². The van der Waals surface area contributed by atoms with Crippen LogP contribution in [0.2, 0.25) is 0 Å². The van der Waals surface area contributed by atoms with Crippen molar-refractivity contribution >= 4 is 11.9 Å². The second-order valence-electron chi connectivity index (χ2n) is 5.70. The molecule has 1 amide bonds. The highest BCUT2D eigenvalue weighted by atomic mass is 16.4. The molecule has 0 aromatic rings. The number of carbonyl (C=O) groups excluding carboxylic acids is 1. The van der Waals surface area contributed by atoms with Gasteiger partial charge in [-0.15, -0.1) is 0 Å². The lowest BCUT2D eigenvalue weighted by atomic mass is 10.0. The summed E-state index contributed by atoms with van der Waals surface area (Å²) in [5.41, 5.74) is 5.80. The number of nitrogens with two attached hydrogens (primary N) is 1. The fourth-order valence-corrected chi connectivity index (χ4v) is 2.25. The SMILES string of the molecule is CC(C)C[C@@H](NC(=O)CN1CCC(N)CC1)C(=O)O. The summed E-state index contributed by atoms with van der Waals surface area (Å²) in [5, 5.41) is 11.7. The molecule has 6 heteroatoms. The van der Waals surface area contributed by atoms with Gasteiger partial charge in [-0.1, -0.05) is 13.8 Å². The largest absolute Gasteiger partial charge is 0.480 e. The van der Waals surface area contributed by atoms with Crippen LogP contribution in [0.1, 0.15) is 33.1 Å². The molecule has 110 valence electrons. The summed E-state index contributed by atoms with van der Waals surface area (Å²) in [4.78, 5) is 24.9. The molecule has 1 rings (SSSR count). The van der Waals surface area contributed by atoms with E-state index in [2.05, 4.69) is 5.32 Å². The molecular formula is C13H25N3O3. The van der Waals surface area contributed by atoms with Gasteiger partial charge in [0.05, 0.1) is 6.54 Å². The molecule has 4 N–H and O–H groups in total. The van der Waals surface area contributed by atoms with E-state index >= 15 is 0 Å². The molecular weight excluding hydrogens is 246 g/mol. The van der Waals surface area contributed by atoms with E-state index in [0.29, 0.717) is 6.42 Å². The van der Waals surface area contributed by atoms with Crippen molar-refractivity contribution in [2.75, 3.05) is 19.6 Å². The average molecular weight is 271 g/mol. The Hall–Kier alpha value is -1.14. The van der Waals surface area contributed by atoms with E-state index in [-0.39, 0.29) is 24.4 Å². The van der Waals surface area contributed by atoms with Crippen molar-refractivity contribution < 1.29 is 14.7 Å². The van der Waals surface area contributed by atoms with Gasteiger partial charge in [0.1, 0.15) is 6.04 Å². The maximum atomic E-state index is 11.8. The summed E-state index contributed by atoms with van der Waals surface area (Å²) < 4.78 is 0. The molecule has 0 bridgehead atoms. The molecule has 0 saturated carbocycles. The summed E-state index contributed by atoms with van der Waals surface area (Å²) in [5.74, 6) is -0.958. The first kappa shape index (κ1) is 15.9. The van der Waals surface area contributed by atoms with Gasteiger partial charge >= 0.3 is 5.97 Å². The number of nitrogens with one attached hydrogen (secondary N) is 1. The van der Waals surface area contributed by atoms with Crippen LogP contribution in [-0.2, 0) is 9.59 Å². The Labute approximate surface area is 114 Å². The molecule has 0 aliphatic carbocycles. The number of carboxylic acids is 1. The first-order chi connectivity index (χ1) is 8.88. The van der Waals surface area contributed by atoms with Crippen molar-refractivity contribution in [3.8, 4) is 0 Å². The van der Waals surface area contributed by atoms with Crippen molar-refractivity contribution in [2.24, 2.45) is 11.7 Å². The highest BCUT2D eigenvalue weighted by Crippen LogP contribution is 2.08. The monoisotopic (exact) mass is 271 g/mol. The van der Waals surface area contributed by atoms with Gasteiger partial charge in [0.2, 0.25) is 5.91 Å². The lowest BCUT2D eigenvalue weighted by Crippen LogP contribution is -2.48. The highest BCUT2D eigenvalue weighted by molar-refractivity contribution is 5.84. The second kappa shape index (κ2) is 7.45. The zero-order valence-corrected chi connectivity index (χ0v) is 11.8. The van der Waals surface area contributed by atoms with Crippen LogP contribution in [0.4, 0.5) is 0 Å². The molecule has 1 saturated heterocycles. The minimum absolute atomic E-state index is 0.219. The smallest absolute Gasteiger partial charge is 0.326 e. The standard InChI is InChI=1S/C13H25N3O3/c1-9(2)7-11(13(18)19)15-12(17)8-16-5-3-10(14)4-6-16/h9-11H,3-8,14H2,1-2H3,(H,15,17)(H,18,19)/t11-/m1/s1. The Kier molecular flexibility index (Phi) is 6.24. The molecule has 1 aliphatic rings. The number of aliphatic carboxylic acids is 1. The minimum Gasteiger partial charge on any atom is -0.480 e. The number of rotatable bonds is 6. The zero-order chi connectivity index (χ0) is 14.4. The number of amides is 1. The summed E-state index contributed by atoms with van der Waals surface area (Å²) in [6.07, 6.45) is 2.23. The Morgan fingerprint density at radius 2 is 1.95 bits per heavy atom.